The molecule has 1 aromatic carbocycles. The van der Waals surface area contributed by atoms with Gasteiger partial charge >= 0.3 is 0 Å². The van der Waals surface area contributed by atoms with E-state index >= 15 is 0 Å². The Hall–Kier alpha value is -1.46. The highest BCUT2D eigenvalue weighted by molar-refractivity contribution is 7.80. The number of nitrogens with one attached hydrogen (secondary N) is 1. The Morgan fingerprint density at radius 3 is 2.85 bits per heavy atom. The number of thiocarbonyl (C=S) groups is 1. The summed E-state index contributed by atoms with van der Waals surface area (Å²) >= 11 is 4.90. The topological polar surface area (TPSA) is 58.4 Å². The molecule has 0 radical (unpaired) electrons. The number of benzene rings is 1. The van der Waals surface area contributed by atoms with E-state index in [1.807, 2.05) is 31.2 Å². The molecule has 0 saturated heterocycles. The molecule has 0 bridgehead atoms. The Bertz CT molecular complexity index is 500. The monoisotopic (exact) mass is 291 g/mol. The fourth-order valence-corrected chi connectivity index (χ4v) is 2.28. The largest absolute Gasteiger partial charge is 0.393 e. The highest BCUT2D eigenvalue weighted by atomic mass is 32.1. The molecule has 0 aliphatic heterocycles. The number of carbonyl (C=O) groups is 1. The summed E-state index contributed by atoms with van der Waals surface area (Å²) in [5.74, 6) is 0.0189. The third-order valence-electron chi connectivity index (χ3n) is 3.36. The Labute approximate surface area is 125 Å². The molecule has 0 spiro atoms. The van der Waals surface area contributed by atoms with Crippen LogP contribution in [0.25, 0.3) is 0 Å². The third-order valence-corrected chi connectivity index (χ3v) is 3.56. The van der Waals surface area contributed by atoms with Gasteiger partial charge in [-0.15, -0.1) is 0 Å². The van der Waals surface area contributed by atoms with E-state index in [1.165, 1.54) is 0 Å². The molecule has 1 aliphatic carbocycles. The smallest absolute Gasteiger partial charge is 0.238 e. The first-order valence-corrected chi connectivity index (χ1v) is 7.34. The molecular weight excluding hydrogens is 270 g/mol. The third kappa shape index (κ3) is 4.90. The van der Waals surface area contributed by atoms with Gasteiger partial charge < -0.3 is 11.1 Å². The lowest BCUT2D eigenvalue weighted by Gasteiger charge is -2.21. The summed E-state index contributed by atoms with van der Waals surface area (Å²) in [4.78, 5) is 14.8. The summed E-state index contributed by atoms with van der Waals surface area (Å²) in [5.41, 5.74) is 7.52. The van der Waals surface area contributed by atoms with Gasteiger partial charge in [0.15, 0.2) is 0 Å². The molecule has 20 heavy (non-hydrogen) atoms. The average molecular weight is 291 g/mol. The zero-order chi connectivity index (χ0) is 14.5. The van der Waals surface area contributed by atoms with Crippen molar-refractivity contribution in [3.05, 3.63) is 29.8 Å². The molecular formula is C15H21N3OS. The van der Waals surface area contributed by atoms with E-state index in [2.05, 4.69) is 10.2 Å². The van der Waals surface area contributed by atoms with Crippen LogP contribution in [0.5, 0.6) is 0 Å². The molecule has 1 aliphatic rings. The fraction of sp³-hybridized carbons (Fsp3) is 0.467. The molecule has 3 N–H and O–H groups in total. The summed E-state index contributed by atoms with van der Waals surface area (Å²) in [6.07, 6.45) is 2.99. The number of aryl methyl sites for hydroxylation is 1. The summed E-state index contributed by atoms with van der Waals surface area (Å²) in [7, 11) is 0. The predicted molar refractivity (Wildman–Crippen MR) is 85.8 cm³/mol. The number of nitrogens with zero attached hydrogens (tertiary/aromatic N) is 1. The lowest BCUT2D eigenvalue weighted by molar-refractivity contribution is -0.117. The molecule has 2 rings (SSSR count). The number of hydrogen-bond acceptors (Lipinski definition) is 3. The highest BCUT2D eigenvalue weighted by Crippen LogP contribution is 2.26. The van der Waals surface area contributed by atoms with Gasteiger partial charge in [-0.25, -0.2) is 0 Å². The maximum Gasteiger partial charge on any atom is 0.238 e. The van der Waals surface area contributed by atoms with E-state index in [0.29, 0.717) is 24.0 Å². The first-order valence-electron chi connectivity index (χ1n) is 6.93. The van der Waals surface area contributed by atoms with Crippen molar-refractivity contribution in [2.75, 3.05) is 18.4 Å². The van der Waals surface area contributed by atoms with E-state index in [9.17, 15) is 4.79 Å². The molecule has 1 aromatic rings. The van der Waals surface area contributed by atoms with Crippen LogP contribution in [0.15, 0.2) is 24.3 Å². The van der Waals surface area contributed by atoms with Gasteiger partial charge in [0, 0.05) is 24.7 Å². The van der Waals surface area contributed by atoms with Crippen molar-refractivity contribution in [2.24, 2.45) is 5.73 Å². The maximum atomic E-state index is 12.1. The van der Waals surface area contributed by atoms with E-state index in [4.69, 9.17) is 18.0 Å². The standard InChI is InChI=1S/C15H21N3OS/c1-11-3-2-4-12(9-11)17-15(19)10-18(13-5-6-13)8-7-14(16)20/h2-4,9,13H,5-8,10H2,1H3,(H2,16,20)(H,17,19). The van der Waals surface area contributed by atoms with Crippen LogP contribution in [0, 0.1) is 6.92 Å². The minimum atomic E-state index is 0.0189. The normalized spacial score (nSPS) is 14.3. The molecule has 4 nitrogen and oxygen atoms in total. The number of hydrogen-bond donors (Lipinski definition) is 2. The van der Waals surface area contributed by atoms with Crippen LogP contribution >= 0.6 is 12.2 Å². The average Bonchev–Trinajstić information content (AvgIpc) is 3.18. The SMILES string of the molecule is Cc1cccc(NC(=O)CN(CCC(N)=S)C2CC2)c1. The van der Waals surface area contributed by atoms with Crippen LogP contribution < -0.4 is 11.1 Å². The van der Waals surface area contributed by atoms with Crippen molar-refractivity contribution >= 4 is 28.8 Å². The van der Waals surface area contributed by atoms with Crippen LogP contribution in [0.3, 0.4) is 0 Å². The van der Waals surface area contributed by atoms with Gasteiger partial charge in [-0.2, -0.15) is 0 Å². The molecule has 0 atom stereocenters. The number of nitrogens with two attached hydrogens (primary N) is 1. The van der Waals surface area contributed by atoms with Gasteiger partial charge in [0.25, 0.3) is 0 Å². The zero-order valence-electron chi connectivity index (χ0n) is 11.8. The van der Waals surface area contributed by atoms with E-state index < -0.39 is 0 Å². The minimum Gasteiger partial charge on any atom is -0.393 e. The van der Waals surface area contributed by atoms with Gasteiger partial charge in [-0.3, -0.25) is 9.69 Å². The van der Waals surface area contributed by atoms with Crippen LogP contribution in [-0.4, -0.2) is 34.9 Å². The van der Waals surface area contributed by atoms with Crippen molar-refractivity contribution in [3.63, 3.8) is 0 Å². The summed E-state index contributed by atoms with van der Waals surface area (Å²) in [5, 5.41) is 2.94. The number of amides is 1. The van der Waals surface area contributed by atoms with Crippen molar-refractivity contribution in [1.82, 2.24) is 4.90 Å². The van der Waals surface area contributed by atoms with Crippen molar-refractivity contribution < 1.29 is 4.79 Å². The molecule has 5 heteroatoms. The Morgan fingerprint density at radius 2 is 2.25 bits per heavy atom. The van der Waals surface area contributed by atoms with Crippen molar-refractivity contribution in [1.29, 1.82) is 0 Å². The lowest BCUT2D eigenvalue weighted by atomic mass is 10.2. The van der Waals surface area contributed by atoms with Crippen LogP contribution in [-0.2, 0) is 4.79 Å². The summed E-state index contributed by atoms with van der Waals surface area (Å²) in [6, 6.07) is 8.34. The lowest BCUT2D eigenvalue weighted by Crippen LogP contribution is -2.36. The Morgan fingerprint density at radius 1 is 1.50 bits per heavy atom. The minimum absolute atomic E-state index is 0.0189. The molecule has 1 amide bonds. The van der Waals surface area contributed by atoms with E-state index in [-0.39, 0.29) is 5.91 Å². The van der Waals surface area contributed by atoms with Crippen LogP contribution in [0.1, 0.15) is 24.8 Å². The molecule has 108 valence electrons. The summed E-state index contributed by atoms with van der Waals surface area (Å²) < 4.78 is 0. The molecule has 1 saturated carbocycles. The van der Waals surface area contributed by atoms with E-state index in [0.717, 1.165) is 30.6 Å². The number of rotatable bonds is 7. The second-order valence-corrected chi connectivity index (χ2v) is 5.86. The van der Waals surface area contributed by atoms with Crippen LogP contribution in [0.4, 0.5) is 5.69 Å². The number of anilines is 1. The molecule has 0 unspecified atom stereocenters. The van der Waals surface area contributed by atoms with Gasteiger partial charge in [-0.1, -0.05) is 24.4 Å². The van der Waals surface area contributed by atoms with Gasteiger partial charge in [0.2, 0.25) is 5.91 Å². The highest BCUT2D eigenvalue weighted by Gasteiger charge is 2.29. The second-order valence-electron chi connectivity index (χ2n) is 5.34. The van der Waals surface area contributed by atoms with Crippen molar-refractivity contribution in [2.45, 2.75) is 32.2 Å². The predicted octanol–water partition coefficient (Wildman–Crippen LogP) is 2.07. The van der Waals surface area contributed by atoms with Crippen LogP contribution in [0.2, 0.25) is 0 Å². The zero-order valence-corrected chi connectivity index (χ0v) is 12.6. The summed E-state index contributed by atoms with van der Waals surface area (Å²) in [6.45, 7) is 3.18. The van der Waals surface area contributed by atoms with E-state index in [1.54, 1.807) is 0 Å². The first-order chi connectivity index (χ1) is 9.54. The quantitative estimate of drug-likeness (QED) is 0.755. The van der Waals surface area contributed by atoms with Crippen molar-refractivity contribution in [3.8, 4) is 0 Å². The molecule has 0 heterocycles. The maximum absolute atomic E-state index is 12.1. The molecule has 0 aromatic heterocycles. The Kier molecular flexibility index (Phi) is 5.09. The molecule has 1 fully saturated rings. The fourth-order valence-electron chi connectivity index (χ4n) is 2.19. The first kappa shape index (κ1) is 14.9. The van der Waals surface area contributed by atoms with Gasteiger partial charge in [0.05, 0.1) is 11.5 Å². The van der Waals surface area contributed by atoms with Gasteiger partial charge in [-0.05, 0) is 37.5 Å². The Balaban J connectivity index is 1.86. The number of carbonyl (C=O) groups excluding carboxylic acids is 1. The second kappa shape index (κ2) is 6.81. The van der Waals surface area contributed by atoms with Gasteiger partial charge in [0.1, 0.15) is 0 Å².